The normalized spacial score (nSPS) is 16.9. The highest BCUT2D eigenvalue weighted by Crippen LogP contribution is 2.28. The molecule has 3 rings (SSSR count). The number of hydrogen-bond acceptors (Lipinski definition) is 4. The summed E-state index contributed by atoms with van der Waals surface area (Å²) in [6.07, 6.45) is 5.92. The van der Waals surface area contributed by atoms with Gasteiger partial charge in [0.2, 0.25) is 0 Å². The number of nitrogens with one attached hydrogen (secondary N) is 1. The van der Waals surface area contributed by atoms with Crippen LogP contribution < -0.4 is 0 Å². The van der Waals surface area contributed by atoms with Crippen LogP contribution in [0.4, 0.5) is 0 Å². The lowest BCUT2D eigenvalue weighted by Crippen LogP contribution is -2.32. The molecule has 0 unspecified atom stereocenters. The molecule has 134 valence electrons. The number of carboxylic acid groups (broad SMARTS) is 1. The SMILES string of the molecule is CC(C)(C)c1cncc(CN2CCC(c3cc(C(=O)O)n[nH]3)CC2)c1. The van der Waals surface area contributed by atoms with E-state index in [1.54, 1.807) is 6.07 Å². The Kier molecular flexibility index (Phi) is 4.90. The first-order chi connectivity index (χ1) is 11.8. The summed E-state index contributed by atoms with van der Waals surface area (Å²) in [7, 11) is 0. The van der Waals surface area contributed by atoms with Crippen molar-refractivity contribution in [1.29, 1.82) is 0 Å². The maximum Gasteiger partial charge on any atom is 0.356 e. The van der Waals surface area contributed by atoms with Crippen LogP contribution in [-0.2, 0) is 12.0 Å². The number of hydrogen-bond donors (Lipinski definition) is 2. The molecule has 2 aromatic rings. The highest BCUT2D eigenvalue weighted by atomic mass is 16.4. The minimum Gasteiger partial charge on any atom is -0.476 e. The van der Waals surface area contributed by atoms with E-state index >= 15 is 0 Å². The number of rotatable bonds is 4. The number of pyridine rings is 1. The van der Waals surface area contributed by atoms with Crippen LogP contribution in [0.5, 0.6) is 0 Å². The van der Waals surface area contributed by atoms with Crippen LogP contribution in [0.25, 0.3) is 0 Å². The fraction of sp³-hybridized carbons (Fsp3) is 0.526. The monoisotopic (exact) mass is 342 g/mol. The Balaban J connectivity index is 1.58. The zero-order valence-corrected chi connectivity index (χ0v) is 15.1. The van der Waals surface area contributed by atoms with E-state index in [1.807, 2.05) is 12.4 Å². The average Bonchev–Trinajstić information content (AvgIpc) is 3.05. The molecule has 0 radical (unpaired) electrons. The summed E-state index contributed by atoms with van der Waals surface area (Å²) in [5, 5.41) is 15.7. The smallest absolute Gasteiger partial charge is 0.356 e. The molecule has 2 aromatic heterocycles. The summed E-state index contributed by atoms with van der Waals surface area (Å²) in [6.45, 7) is 9.50. The van der Waals surface area contributed by atoms with Crippen molar-refractivity contribution in [1.82, 2.24) is 20.1 Å². The first-order valence-corrected chi connectivity index (χ1v) is 8.78. The zero-order valence-electron chi connectivity index (χ0n) is 15.1. The zero-order chi connectivity index (χ0) is 18.0. The lowest BCUT2D eigenvalue weighted by molar-refractivity contribution is 0.0690. The average molecular weight is 342 g/mol. The van der Waals surface area contributed by atoms with E-state index in [2.05, 4.69) is 46.9 Å². The molecule has 0 amide bonds. The largest absolute Gasteiger partial charge is 0.476 e. The van der Waals surface area contributed by atoms with Gasteiger partial charge >= 0.3 is 5.97 Å². The lowest BCUT2D eigenvalue weighted by atomic mass is 9.87. The molecular weight excluding hydrogens is 316 g/mol. The Hall–Kier alpha value is -2.21. The molecule has 1 fully saturated rings. The molecule has 3 heterocycles. The van der Waals surface area contributed by atoms with Crippen molar-refractivity contribution in [3.63, 3.8) is 0 Å². The van der Waals surface area contributed by atoms with Gasteiger partial charge in [-0.25, -0.2) is 4.79 Å². The molecule has 0 aliphatic carbocycles. The predicted octanol–water partition coefficient (Wildman–Crippen LogP) is 3.18. The summed E-state index contributed by atoms with van der Waals surface area (Å²) in [5.41, 5.74) is 3.66. The third-order valence-corrected chi connectivity index (χ3v) is 4.91. The molecular formula is C19H26N4O2. The Bertz CT molecular complexity index is 740. The third kappa shape index (κ3) is 4.25. The second kappa shape index (κ2) is 6.96. The van der Waals surface area contributed by atoms with Gasteiger partial charge in [-0.3, -0.25) is 15.0 Å². The van der Waals surface area contributed by atoms with Gasteiger partial charge < -0.3 is 5.11 Å². The first kappa shape index (κ1) is 17.6. The number of H-pyrrole nitrogens is 1. The molecule has 6 nitrogen and oxygen atoms in total. The van der Waals surface area contributed by atoms with Crippen molar-refractivity contribution < 1.29 is 9.90 Å². The highest BCUT2D eigenvalue weighted by Gasteiger charge is 2.23. The molecule has 1 aliphatic rings. The minimum absolute atomic E-state index is 0.0995. The van der Waals surface area contributed by atoms with Gasteiger partial charge in [-0.15, -0.1) is 0 Å². The quantitative estimate of drug-likeness (QED) is 0.892. The number of aromatic amines is 1. The number of piperidine rings is 1. The summed E-state index contributed by atoms with van der Waals surface area (Å²) < 4.78 is 0. The Morgan fingerprint density at radius 3 is 2.60 bits per heavy atom. The molecule has 0 spiro atoms. The molecule has 25 heavy (non-hydrogen) atoms. The van der Waals surface area contributed by atoms with Gasteiger partial charge in [-0.2, -0.15) is 5.10 Å². The maximum atomic E-state index is 11.0. The van der Waals surface area contributed by atoms with Crippen molar-refractivity contribution in [3.8, 4) is 0 Å². The molecule has 0 bridgehead atoms. The summed E-state index contributed by atoms with van der Waals surface area (Å²) in [4.78, 5) is 17.8. The van der Waals surface area contributed by atoms with E-state index in [9.17, 15) is 4.79 Å². The van der Waals surface area contributed by atoms with Crippen LogP contribution in [0.2, 0.25) is 0 Å². The van der Waals surface area contributed by atoms with E-state index < -0.39 is 5.97 Å². The Morgan fingerprint density at radius 1 is 1.28 bits per heavy atom. The number of carbonyl (C=O) groups is 1. The number of aromatic nitrogens is 3. The van der Waals surface area contributed by atoms with E-state index in [0.29, 0.717) is 5.92 Å². The fourth-order valence-corrected chi connectivity index (χ4v) is 3.30. The van der Waals surface area contributed by atoms with Gasteiger partial charge in [0.05, 0.1) is 0 Å². The highest BCUT2D eigenvalue weighted by molar-refractivity contribution is 5.85. The Morgan fingerprint density at radius 2 is 2.00 bits per heavy atom. The molecule has 6 heteroatoms. The van der Waals surface area contributed by atoms with Crippen molar-refractivity contribution in [2.75, 3.05) is 13.1 Å². The number of nitrogens with zero attached hydrogens (tertiary/aromatic N) is 3. The van der Waals surface area contributed by atoms with Crippen LogP contribution >= 0.6 is 0 Å². The van der Waals surface area contributed by atoms with Crippen LogP contribution in [0.15, 0.2) is 24.5 Å². The van der Waals surface area contributed by atoms with Crippen molar-refractivity contribution >= 4 is 5.97 Å². The van der Waals surface area contributed by atoms with Gasteiger partial charge in [-0.1, -0.05) is 26.8 Å². The third-order valence-electron chi connectivity index (χ3n) is 4.91. The van der Waals surface area contributed by atoms with Crippen LogP contribution in [0.1, 0.15) is 66.8 Å². The molecule has 0 atom stereocenters. The maximum absolute atomic E-state index is 11.0. The van der Waals surface area contributed by atoms with E-state index in [0.717, 1.165) is 38.2 Å². The molecule has 2 N–H and O–H groups in total. The standard InChI is InChI=1S/C19H26N4O2/c1-19(2,3)15-8-13(10-20-11-15)12-23-6-4-14(5-7-23)16-9-17(18(24)25)22-21-16/h8-11,14H,4-7,12H2,1-3H3,(H,21,22)(H,24,25). The summed E-state index contributed by atoms with van der Waals surface area (Å²) in [5.74, 6) is -0.623. The topological polar surface area (TPSA) is 82.1 Å². The van der Waals surface area contributed by atoms with Gasteiger partial charge in [-0.05, 0) is 48.5 Å². The number of carboxylic acids is 1. The van der Waals surface area contributed by atoms with Crippen LogP contribution in [0.3, 0.4) is 0 Å². The first-order valence-electron chi connectivity index (χ1n) is 8.78. The molecule has 1 saturated heterocycles. The van der Waals surface area contributed by atoms with E-state index in [4.69, 9.17) is 5.11 Å². The summed E-state index contributed by atoms with van der Waals surface area (Å²) >= 11 is 0. The second-order valence-corrected chi connectivity index (χ2v) is 7.90. The van der Waals surface area contributed by atoms with Gasteiger partial charge in [0.1, 0.15) is 0 Å². The van der Waals surface area contributed by atoms with Crippen molar-refractivity contribution in [3.05, 3.63) is 47.0 Å². The lowest BCUT2D eigenvalue weighted by Gasteiger charge is -2.31. The molecule has 0 aromatic carbocycles. The van der Waals surface area contributed by atoms with E-state index in [1.165, 1.54) is 11.1 Å². The van der Waals surface area contributed by atoms with E-state index in [-0.39, 0.29) is 11.1 Å². The second-order valence-electron chi connectivity index (χ2n) is 7.90. The van der Waals surface area contributed by atoms with Crippen molar-refractivity contribution in [2.45, 2.75) is 51.5 Å². The Labute approximate surface area is 148 Å². The van der Waals surface area contributed by atoms with Gasteiger partial charge in [0.15, 0.2) is 5.69 Å². The number of aromatic carboxylic acids is 1. The van der Waals surface area contributed by atoms with Crippen molar-refractivity contribution in [2.24, 2.45) is 0 Å². The molecule has 1 aliphatic heterocycles. The van der Waals surface area contributed by atoms with Crippen LogP contribution in [0, 0.1) is 0 Å². The summed E-state index contributed by atoms with van der Waals surface area (Å²) in [6, 6.07) is 3.92. The van der Waals surface area contributed by atoms with Gasteiger partial charge in [0, 0.05) is 30.6 Å². The van der Waals surface area contributed by atoms with Gasteiger partial charge in [0.25, 0.3) is 0 Å². The predicted molar refractivity (Wildman–Crippen MR) is 95.7 cm³/mol. The van der Waals surface area contributed by atoms with Crippen LogP contribution in [-0.4, -0.2) is 44.2 Å². The molecule has 0 saturated carbocycles. The minimum atomic E-state index is -0.980. The number of likely N-dealkylation sites (tertiary alicyclic amines) is 1. The fourth-order valence-electron chi connectivity index (χ4n) is 3.30.